The minimum absolute atomic E-state index is 0.191. The van der Waals surface area contributed by atoms with E-state index in [-0.39, 0.29) is 5.69 Å². The van der Waals surface area contributed by atoms with Crippen LogP contribution in [0.4, 0.5) is 14.5 Å². The van der Waals surface area contributed by atoms with Crippen molar-refractivity contribution in [3.05, 3.63) is 34.4 Å². The van der Waals surface area contributed by atoms with Gasteiger partial charge in [-0.2, -0.15) is 0 Å². The number of alkyl halides is 2. The fourth-order valence-corrected chi connectivity index (χ4v) is 2.10. The molecule has 0 atom stereocenters. The van der Waals surface area contributed by atoms with Crippen LogP contribution in [0, 0.1) is 0 Å². The summed E-state index contributed by atoms with van der Waals surface area (Å²) in [5.41, 5.74) is 1.09. The Labute approximate surface area is 113 Å². The number of aromatic nitrogens is 1. The molecule has 1 heterocycles. The fourth-order valence-electron chi connectivity index (χ4n) is 1.74. The van der Waals surface area contributed by atoms with Crippen molar-refractivity contribution < 1.29 is 8.78 Å². The number of halogens is 3. The number of pyridine rings is 1. The molecule has 2 aromatic rings. The van der Waals surface area contributed by atoms with Gasteiger partial charge in [-0.3, -0.25) is 0 Å². The first-order chi connectivity index (χ1) is 8.61. The maximum absolute atomic E-state index is 12.8. The Hall–Kier alpha value is -1.23. The topological polar surface area (TPSA) is 24.9 Å². The van der Waals surface area contributed by atoms with E-state index >= 15 is 0 Å². The molecule has 0 saturated carbocycles. The summed E-state index contributed by atoms with van der Waals surface area (Å²) in [6.07, 6.45) is -1.62. The second kappa shape index (κ2) is 5.61. The van der Waals surface area contributed by atoms with E-state index < -0.39 is 6.43 Å². The number of benzene rings is 1. The molecule has 0 aliphatic carbocycles. The summed E-state index contributed by atoms with van der Waals surface area (Å²) in [6, 6.07) is 6.85. The highest BCUT2D eigenvalue weighted by molar-refractivity contribution is 9.10. The van der Waals surface area contributed by atoms with Gasteiger partial charge in [0.15, 0.2) is 0 Å². The third kappa shape index (κ3) is 2.77. The summed E-state index contributed by atoms with van der Waals surface area (Å²) < 4.78 is 26.5. The molecule has 0 bridgehead atoms. The second-order valence-electron chi connectivity index (χ2n) is 3.98. The Morgan fingerprint density at radius 1 is 1.33 bits per heavy atom. The van der Waals surface area contributed by atoms with E-state index in [9.17, 15) is 8.78 Å². The van der Waals surface area contributed by atoms with E-state index in [0.29, 0.717) is 11.2 Å². The van der Waals surface area contributed by atoms with E-state index in [1.807, 2.05) is 13.0 Å². The van der Waals surface area contributed by atoms with Crippen molar-refractivity contribution in [3.63, 3.8) is 0 Å². The van der Waals surface area contributed by atoms with Crippen molar-refractivity contribution in [3.8, 4) is 0 Å². The average molecular weight is 315 g/mol. The van der Waals surface area contributed by atoms with Gasteiger partial charge in [0.2, 0.25) is 0 Å². The molecule has 0 aliphatic rings. The van der Waals surface area contributed by atoms with Crippen molar-refractivity contribution in [2.24, 2.45) is 0 Å². The summed E-state index contributed by atoms with van der Waals surface area (Å²) in [4.78, 5) is 3.97. The number of nitrogens with one attached hydrogen (secondary N) is 1. The summed E-state index contributed by atoms with van der Waals surface area (Å²) in [5.74, 6) is 0. The Balaban J connectivity index is 2.57. The van der Waals surface area contributed by atoms with E-state index in [0.717, 1.165) is 22.8 Å². The van der Waals surface area contributed by atoms with Crippen LogP contribution in [-0.4, -0.2) is 11.5 Å². The maximum atomic E-state index is 12.8. The van der Waals surface area contributed by atoms with Gasteiger partial charge in [0.1, 0.15) is 5.69 Å². The Bertz CT molecular complexity index is 558. The van der Waals surface area contributed by atoms with Crippen molar-refractivity contribution in [1.29, 1.82) is 0 Å². The Morgan fingerprint density at radius 2 is 2.11 bits per heavy atom. The predicted molar refractivity (Wildman–Crippen MR) is 73.2 cm³/mol. The van der Waals surface area contributed by atoms with E-state index in [2.05, 4.69) is 26.2 Å². The number of anilines is 1. The Kier molecular flexibility index (Phi) is 4.11. The van der Waals surface area contributed by atoms with Crippen LogP contribution < -0.4 is 5.32 Å². The van der Waals surface area contributed by atoms with Gasteiger partial charge in [-0.15, -0.1) is 0 Å². The quantitative estimate of drug-likeness (QED) is 0.880. The molecule has 2 rings (SSSR count). The largest absolute Gasteiger partial charge is 0.384 e. The van der Waals surface area contributed by atoms with Crippen LogP contribution in [0.5, 0.6) is 0 Å². The lowest BCUT2D eigenvalue weighted by Crippen LogP contribution is -2.03. The average Bonchev–Trinajstić information content (AvgIpc) is 2.35. The molecule has 0 radical (unpaired) electrons. The normalized spacial score (nSPS) is 11.2. The van der Waals surface area contributed by atoms with Crippen LogP contribution in [0.3, 0.4) is 0 Å². The number of rotatable bonds is 4. The first kappa shape index (κ1) is 13.2. The minimum Gasteiger partial charge on any atom is -0.384 e. The number of hydrogen-bond acceptors (Lipinski definition) is 2. The molecule has 1 aromatic heterocycles. The van der Waals surface area contributed by atoms with E-state index in [1.165, 1.54) is 6.07 Å². The molecule has 96 valence electrons. The van der Waals surface area contributed by atoms with Crippen molar-refractivity contribution in [2.75, 3.05) is 11.9 Å². The number of hydrogen-bond donors (Lipinski definition) is 1. The van der Waals surface area contributed by atoms with Gasteiger partial charge in [-0.1, -0.05) is 22.9 Å². The standard InChI is InChI=1S/C13H13BrF2N2/c1-2-5-17-11-7-12(13(15)16)18-10-4-3-8(14)6-9(10)11/h3-4,6-7,13H,2,5H2,1H3,(H,17,18). The highest BCUT2D eigenvalue weighted by Gasteiger charge is 2.13. The molecular formula is C13H13BrF2N2. The molecule has 1 N–H and O–H groups in total. The summed E-state index contributed by atoms with van der Waals surface area (Å²) >= 11 is 3.38. The SMILES string of the molecule is CCCNc1cc(C(F)F)nc2ccc(Br)cc12. The van der Waals surface area contributed by atoms with Crippen molar-refractivity contribution in [1.82, 2.24) is 4.98 Å². The van der Waals surface area contributed by atoms with Crippen molar-refractivity contribution in [2.45, 2.75) is 19.8 Å². The van der Waals surface area contributed by atoms with E-state index in [1.54, 1.807) is 12.1 Å². The van der Waals surface area contributed by atoms with E-state index in [4.69, 9.17) is 0 Å². The molecule has 0 amide bonds. The zero-order valence-electron chi connectivity index (χ0n) is 9.88. The van der Waals surface area contributed by atoms with Gasteiger partial charge in [0, 0.05) is 22.1 Å². The van der Waals surface area contributed by atoms with Crippen LogP contribution in [0.25, 0.3) is 10.9 Å². The predicted octanol–water partition coefficient (Wildman–Crippen LogP) is 4.76. The molecule has 0 spiro atoms. The number of fused-ring (bicyclic) bond motifs is 1. The third-order valence-electron chi connectivity index (χ3n) is 2.58. The van der Waals surface area contributed by atoms with Crippen LogP contribution in [0.15, 0.2) is 28.7 Å². The van der Waals surface area contributed by atoms with Gasteiger partial charge >= 0.3 is 0 Å². The van der Waals surface area contributed by atoms with Gasteiger partial charge < -0.3 is 5.32 Å². The smallest absolute Gasteiger partial charge is 0.280 e. The summed E-state index contributed by atoms with van der Waals surface area (Å²) in [5, 5.41) is 4.01. The molecule has 0 saturated heterocycles. The number of nitrogens with zero attached hydrogens (tertiary/aromatic N) is 1. The highest BCUT2D eigenvalue weighted by atomic mass is 79.9. The molecular weight excluding hydrogens is 302 g/mol. The molecule has 5 heteroatoms. The zero-order valence-corrected chi connectivity index (χ0v) is 11.5. The van der Waals surface area contributed by atoms with Crippen LogP contribution in [-0.2, 0) is 0 Å². The molecule has 1 aromatic carbocycles. The summed E-state index contributed by atoms with van der Waals surface area (Å²) in [6.45, 7) is 2.77. The van der Waals surface area contributed by atoms with Crippen LogP contribution >= 0.6 is 15.9 Å². The van der Waals surface area contributed by atoms with Crippen LogP contribution in [0.2, 0.25) is 0 Å². The molecule has 0 fully saturated rings. The lowest BCUT2D eigenvalue weighted by molar-refractivity contribution is 0.146. The molecule has 0 aliphatic heterocycles. The third-order valence-corrected chi connectivity index (χ3v) is 3.07. The monoisotopic (exact) mass is 314 g/mol. The van der Waals surface area contributed by atoms with Gasteiger partial charge in [-0.05, 0) is 30.7 Å². The lowest BCUT2D eigenvalue weighted by Gasteiger charge is -2.11. The van der Waals surface area contributed by atoms with Crippen molar-refractivity contribution >= 4 is 32.5 Å². The minimum atomic E-state index is -2.56. The van der Waals surface area contributed by atoms with Gasteiger partial charge in [0.25, 0.3) is 6.43 Å². The highest BCUT2D eigenvalue weighted by Crippen LogP contribution is 2.29. The zero-order chi connectivity index (χ0) is 13.1. The molecule has 0 unspecified atom stereocenters. The van der Waals surface area contributed by atoms with Gasteiger partial charge in [-0.25, -0.2) is 13.8 Å². The molecule has 18 heavy (non-hydrogen) atoms. The first-order valence-electron chi connectivity index (χ1n) is 5.74. The van der Waals surface area contributed by atoms with Gasteiger partial charge in [0.05, 0.1) is 5.52 Å². The molecule has 2 nitrogen and oxygen atoms in total. The van der Waals surface area contributed by atoms with Crippen LogP contribution in [0.1, 0.15) is 25.5 Å². The maximum Gasteiger partial charge on any atom is 0.280 e. The fraction of sp³-hybridized carbons (Fsp3) is 0.308. The second-order valence-corrected chi connectivity index (χ2v) is 4.90. The summed E-state index contributed by atoms with van der Waals surface area (Å²) in [7, 11) is 0. The lowest BCUT2D eigenvalue weighted by atomic mass is 10.1. The first-order valence-corrected chi connectivity index (χ1v) is 6.53. The Morgan fingerprint density at radius 3 is 2.78 bits per heavy atom.